The average molecular weight is 570 g/mol. The van der Waals surface area contributed by atoms with Crippen LogP contribution in [0.4, 0.5) is 23.0 Å². The van der Waals surface area contributed by atoms with Gasteiger partial charge in [0.15, 0.2) is 11.6 Å². The van der Waals surface area contributed by atoms with Crippen molar-refractivity contribution in [1.82, 2.24) is 9.97 Å². The Morgan fingerprint density at radius 1 is 0.789 bits per heavy atom. The van der Waals surface area contributed by atoms with E-state index in [1.54, 1.807) is 6.33 Å². The molecule has 7 nitrogen and oxygen atoms in total. The second-order valence-electron chi connectivity index (χ2n) is 9.64. The molecule has 38 heavy (non-hydrogen) atoms. The fourth-order valence-electron chi connectivity index (χ4n) is 5.21. The van der Waals surface area contributed by atoms with Gasteiger partial charge in [0.2, 0.25) is 5.91 Å². The number of hydrogen-bond acceptors (Lipinski definition) is 6. The van der Waals surface area contributed by atoms with Gasteiger partial charge in [0.1, 0.15) is 18.1 Å². The van der Waals surface area contributed by atoms with Crippen LogP contribution in [0.1, 0.15) is 11.1 Å². The first-order valence-corrected chi connectivity index (χ1v) is 13.7. The third kappa shape index (κ3) is 5.09. The van der Waals surface area contributed by atoms with Gasteiger partial charge in [-0.3, -0.25) is 9.69 Å². The van der Waals surface area contributed by atoms with E-state index >= 15 is 0 Å². The van der Waals surface area contributed by atoms with Crippen molar-refractivity contribution in [2.45, 2.75) is 19.0 Å². The lowest BCUT2D eigenvalue weighted by Gasteiger charge is -2.40. The second kappa shape index (κ2) is 10.8. The van der Waals surface area contributed by atoms with Crippen LogP contribution in [0.5, 0.6) is 0 Å². The fourth-order valence-corrected chi connectivity index (χ4v) is 5.48. The standard InChI is InChI=1S/C30H29BrN6O/c31-24-13-11-23(12-14-24)20-37-27-28(34-26(30(37)38)19-22-7-3-1-4-8-22)32-21-33-29(27)36-17-15-35(16-18-36)25-9-5-2-6-10-25/h1-14,21,26H,15-20H2,(H,32,33,34). The molecule has 1 saturated heterocycles. The molecule has 1 amide bonds. The number of benzene rings is 3. The molecule has 1 aromatic heterocycles. The van der Waals surface area contributed by atoms with Crippen LogP contribution in [-0.2, 0) is 17.8 Å². The molecule has 4 aromatic rings. The molecule has 192 valence electrons. The molecule has 3 aromatic carbocycles. The first-order valence-electron chi connectivity index (χ1n) is 12.9. The highest BCUT2D eigenvalue weighted by molar-refractivity contribution is 9.10. The number of hydrogen-bond donors (Lipinski definition) is 1. The topological polar surface area (TPSA) is 64.6 Å². The van der Waals surface area contributed by atoms with E-state index in [0.29, 0.717) is 18.8 Å². The highest BCUT2D eigenvalue weighted by atomic mass is 79.9. The summed E-state index contributed by atoms with van der Waals surface area (Å²) in [4.78, 5) is 29.9. The average Bonchev–Trinajstić information content (AvgIpc) is 2.97. The number of carbonyl (C=O) groups excluding carboxylic acids is 1. The zero-order chi connectivity index (χ0) is 25.9. The molecule has 3 heterocycles. The minimum absolute atomic E-state index is 0.0308. The van der Waals surface area contributed by atoms with E-state index in [1.165, 1.54) is 5.69 Å². The van der Waals surface area contributed by atoms with Crippen molar-refractivity contribution in [1.29, 1.82) is 0 Å². The fraction of sp³-hybridized carbons (Fsp3) is 0.233. The summed E-state index contributed by atoms with van der Waals surface area (Å²) in [7, 11) is 0. The number of aromatic nitrogens is 2. The van der Waals surface area contributed by atoms with Gasteiger partial charge >= 0.3 is 0 Å². The van der Waals surface area contributed by atoms with Gasteiger partial charge in [-0.05, 0) is 35.4 Å². The minimum Gasteiger partial charge on any atom is -0.368 e. The van der Waals surface area contributed by atoms with Gasteiger partial charge in [-0.25, -0.2) is 9.97 Å². The van der Waals surface area contributed by atoms with Crippen LogP contribution >= 0.6 is 15.9 Å². The maximum Gasteiger partial charge on any atom is 0.250 e. The molecule has 0 spiro atoms. The third-order valence-electron chi connectivity index (χ3n) is 7.19. The first kappa shape index (κ1) is 24.4. The van der Waals surface area contributed by atoms with Gasteiger partial charge in [0.05, 0.1) is 6.54 Å². The van der Waals surface area contributed by atoms with Crippen LogP contribution in [0, 0.1) is 0 Å². The van der Waals surface area contributed by atoms with E-state index in [0.717, 1.165) is 53.3 Å². The number of amides is 1. The summed E-state index contributed by atoms with van der Waals surface area (Å²) in [6.45, 7) is 3.84. The Morgan fingerprint density at radius 2 is 1.45 bits per heavy atom. The summed E-state index contributed by atoms with van der Waals surface area (Å²) in [5.41, 5.74) is 4.15. The van der Waals surface area contributed by atoms with Crippen molar-refractivity contribution in [3.63, 3.8) is 0 Å². The normalized spacial score (nSPS) is 17.2. The van der Waals surface area contributed by atoms with Crippen molar-refractivity contribution in [2.75, 3.05) is 46.2 Å². The molecule has 0 saturated carbocycles. The maximum absolute atomic E-state index is 14.0. The second-order valence-corrected chi connectivity index (χ2v) is 10.6. The third-order valence-corrected chi connectivity index (χ3v) is 7.71. The van der Waals surface area contributed by atoms with Gasteiger partial charge in [-0.2, -0.15) is 0 Å². The summed E-state index contributed by atoms with van der Waals surface area (Å²) in [5, 5.41) is 3.45. The summed E-state index contributed by atoms with van der Waals surface area (Å²) >= 11 is 3.52. The predicted molar refractivity (Wildman–Crippen MR) is 156 cm³/mol. The molecule has 0 bridgehead atoms. The minimum atomic E-state index is -0.405. The van der Waals surface area contributed by atoms with E-state index in [-0.39, 0.29) is 5.91 Å². The Hall–Kier alpha value is -3.91. The first-order chi connectivity index (χ1) is 18.7. The summed E-state index contributed by atoms with van der Waals surface area (Å²) in [6.07, 6.45) is 2.20. The van der Waals surface area contributed by atoms with E-state index in [9.17, 15) is 4.79 Å². The van der Waals surface area contributed by atoms with Crippen LogP contribution in [-0.4, -0.2) is 48.1 Å². The van der Waals surface area contributed by atoms with Crippen molar-refractivity contribution in [2.24, 2.45) is 0 Å². The summed E-state index contributed by atoms with van der Waals surface area (Å²) in [5.74, 6) is 1.54. The smallest absolute Gasteiger partial charge is 0.250 e. The summed E-state index contributed by atoms with van der Waals surface area (Å²) in [6, 6.07) is 28.3. The molecule has 6 rings (SSSR count). The van der Waals surface area contributed by atoms with Crippen LogP contribution in [0.15, 0.2) is 95.7 Å². The SMILES string of the molecule is O=C1C(Cc2ccccc2)Nc2ncnc(N3CCN(c4ccccc4)CC3)c2N1Cc1ccc(Br)cc1. The number of piperazine rings is 1. The van der Waals surface area contributed by atoms with Gasteiger partial charge in [0.25, 0.3) is 0 Å². The number of rotatable bonds is 6. The quantitative estimate of drug-likeness (QED) is 0.347. The van der Waals surface area contributed by atoms with Crippen molar-refractivity contribution in [3.05, 3.63) is 107 Å². The molecule has 1 N–H and O–H groups in total. The molecule has 8 heteroatoms. The lowest BCUT2D eigenvalue weighted by Crippen LogP contribution is -2.51. The Labute approximate surface area is 231 Å². The van der Waals surface area contributed by atoms with Crippen LogP contribution < -0.4 is 20.0 Å². The molecule has 1 unspecified atom stereocenters. The number of nitrogens with zero attached hydrogens (tertiary/aromatic N) is 5. The predicted octanol–water partition coefficient (Wildman–Crippen LogP) is 5.14. The van der Waals surface area contributed by atoms with E-state index in [2.05, 4.69) is 72.4 Å². The number of nitrogens with one attached hydrogen (secondary N) is 1. The molecule has 2 aliphatic heterocycles. The number of anilines is 4. The zero-order valence-electron chi connectivity index (χ0n) is 21.0. The van der Waals surface area contributed by atoms with Gasteiger partial charge in [-0.1, -0.05) is 76.6 Å². The zero-order valence-corrected chi connectivity index (χ0v) is 22.6. The number of fused-ring (bicyclic) bond motifs is 1. The molecule has 1 fully saturated rings. The molecule has 1 atom stereocenters. The van der Waals surface area contributed by atoms with Crippen molar-refractivity contribution < 1.29 is 4.79 Å². The van der Waals surface area contributed by atoms with E-state index < -0.39 is 6.04 Å². The molecular weight excluding hydrogens is 540 g/mol. The van der Waals surface area contributed by atoms with Gasteiger partial charge in [-0.15, -0.1) is 0 Å². The van der Waals surface area contributed by atoms with Crippen LogP contribution in [0.25, 0.3) is 0 Å². The highest BCUT2D eigenvalue weighted by Crippen LogP contribution is 2.39. The van der Waals surface area contributed by atoms with E-state index in [4.69, 9.17) is 4.98 Å². The molecular formula is C30H29BrN6O. The lowest BCUT2D eigenvalue weighted by molar-refractivity contribution is -0.119. The Morgan fingerprint density at radius 3 is 2.16 bits per heavy atom. The van der Waals surface area contributed by atoms with Crippen molar-refractivity contribution >= 4 is 44.8 Å². The van der Waals surface area contributed by atoms with E-state index in [1.807, 2.05) is 53.4 Å². The molecule has 0 radical (unpaired) electrons. The number of carbonyl (C=O) groups is 1. The Kier molecular flexibility index (Phi) is 6.96. The monoisotopic (exact) mass is 568 g/mol. The highest BCUT2D eigenvalue weighted by Gasteiger charge is 2.37. The largest absolute Gasteiger partial charge is 0.368 e. The molecule has 2 aliphatic rings. The maximum atomic E-state index is 14.0. The Bertz CT molecular complexity index is 1390. The number of para-hydroxylation sites is 1. The molecule has 0 aliphatic carbocycles. The van der Waals surface area contributed by atoms with Gasteiger partial charge in [0, 0.05) is 42.8 Å². The lowest BCUT2D eigenvalue weighted by atomic mass is 10.0. The van der Waals surface area contributed by atoms with Crippen LogP contribution in [0.3, 0.4) is 0 Å². The van der Waals surface area contributed by atoms with Crippen molar-refractivity contribution in [3.8, 4) is 0 Å². The number of halogens is 1. The Balaban J connectivity index is 1.31. The summed E-state index contributed by atoms with van der Waals surface area (Å²) < 4.78 is 1.01. The van der Waals surface area contributed by atoms with Gasteiger partial charge < -0.3 is 15.1 Å². The van der Waals surface area contributed by atoms with Crippen LogP contribution in [0.2, 0.25) is 0 Å².